The summed E-state index contributed by atoms with van der Waals surface area (Å²) in [6, 6.07) is 13.8. The van der Waals surface area contributed by atoms with Gasteiger partial charge in [0.1, 0.15) is 0 Å². The average molecular weight is 300 g/mol. The molecule has 1 aromatic heterocycles. The first-order valence-electron chi connectivity index (χ1n) is 7.61. The Balaban J connectivity index is 1.90. The number of hydrogen-bond donors (Lipinski definition) is 1. The number of benzene rings is 1. The van der Waals surface area contributed by atoms with E-state index in [1.54, 1.807) is 16.8 Å². The minimum Gasteiger partial charge on any atom is -0.488 e. The van der Waals surface area contributed by atoms with Gasteiger partial charge in [0.2, 0.25) is 0 Å². The molecule has 0 bridgehead atoms. The van der Waals surface area contributed by atoms with E-state index in [4.69, 9.17) is 10.5 Å². The minimum absolute atomic E-state index is 0.124. The van der Waals surface area contributed by atoms with Crippen molar-refractivity contribution < 1.29 is 4.74 Å². The maximum absolute atomic E-state index is 12.3. The molecule has 0 atom stereocenters. The monoisotopic (exact) mass is 300 g/mol. The first kappa shape index (κ1) is 16.3. The molecule has 4 nitrogen and oxygen atoms in total. The van der Waals surface area contributed by atoms with E-state index in [1.165, 1.54) is 5.56 Å². The number of nitrogens with two attached hydrogens (primary N) is 1. The lowest BCUT2D eigenvalue weighted by molar-refractivity contribution is 0.301. The Morgan fingerprint density at radius 2 is 1.86 bits per heavy atom. The fourth-order valence-corrected chi connectivity index (χ4v) is 2.29. The van der Waals surface area contributed by atoms with Crippen molar-refractivity contribution in [3.05, 3.63) is 64.6 Å². The normalized spacial score (nSPS) is 11.4. The fraction of sp³-hybridized carbons (Fsp3) is 0.389. The van der Waals surface area contributed by atoms with E-state index in [9.17, 15) is 4.79 Å². The van der Waals surface area contributed by atoms with Gasteiger partial charge in [0.25, 0.3) is 5.56 Å². The number of pyridine rings is 1. The molecule has 0 spiro atoms. The zero-order chi connectivity index (χ0) is 16.0. The smallest absolute Gasteiger partial charge is 0.292 e. The third kappa shape index (κ3) is 5.04. The first-order valence-corrected chi connectivity index (χ1v) is 7.61. The number of ether oxygens (including phenoxy) is 1. The van der Waals surface area contributed by atoms with E-state index in [0.29, 0.717) is 18.9 Å². The molecule has 0 radical (unpaired) electrons. The lowest BCUT2D eigenvalue weighted by Crippen LogP contribution is -2.40. The van der Waals surface area contributed by atoms with Crippen molar-refractivity contribution in [1.29, 1.82) is 0 Å². The highest BCUT2D eigenvalue weighted by Crippen LogP contribution is 2.07. The number of hydrogen-bond acceptors (Lipinski definition) is 3. The molecule has 0 unspecified atom stereocenters. The van der Waals surface area contributed by atoms with Crippen molar-refractivity contribution >= 4 is 0 Å². The van der Waals surface area contributed by atoms with Crippen molar-refractivity contribution in [3.63, 3.8) is 0 Å². The van der Waals surface area contributed by atoms with Gasteiger partial charge < -0.3 is 15.0 Å². The summed E-state index contributed by atoms with van der Waals surface area (Å²) in [7, 11) is 0. The van der Waals surface area contributed by atoms with Crippen LogP contribution in [-0.4, -0.2) is 16.7 Å². The van der Waals surface area contributed by atoms with Crippen LogP contribution in [0.1, 0.15) is 25.8 Å². The van der Waals surface area contributed by atoms with Crippen molar-refractivity contribution in [2.75, 3.05) is 6.61 Å². The Bertz CT molecular complexity index is 642. The average Bonchev–Trinajstić information content (AvgIpc) is 2.47. The van der Waals surface area contributed by atoms with Gasteiger partial charge in [0.05, 0.1) is 6.61 Å². The number of aryl methyl sites for hydroxylation is 1. The number of aromatic nitrogens is 1. The van der Waals surface area contributed by atoms with Gasteiger partial charge in [-0.05, 0) is 44.4 Å². The van der Waals surface area contributed by atoms with Gasteiger partial charge in [-0.2, -0.15) is 0 Å². The van der Waals surface area contributed by atoms with Crippen LogP contribution < -0.4 is 16.0 Å². The third-order valence-electron chi connectivity index (χ3n) is 3.27. The maximum atomic E-state index is 12.3. The number of nitrogens with zero attached hydrogens (tertiary/aromatic N) is 1. The third-order valence-corrected chi connectivity index (χ3v) is 3.27. The fourth-order valence-electron chi connectivity index (χ4n) is 2.29. The molecule has 2 rings (SSSR count). The number of rotatable bonds is 7. The van der Waals surface area contributed by atoms with Crippen LogP contribution in [0.25, 0.3) is 0 Å². The quantitative estimate of drug-likeness (QED) is 0.800. The van der Waals surface area contributed by atoms with Crippen molar-refractivity contribution in [2.24, 2.45) is 5.73 Å². The standard InChI is InChI=1S/C18H24N2O2/c1-18(2,19)14-20-12-6-11-16(17(20)21)22-13-7-10-15-8-4-3-5-9-15/h3-6,8-9,11-12H,7,10,13-14,19H2,1-2H3. The van der Waals surface area contributed by atoms with E-state index in [-0.39, 0.29) is 5.56 Å². The van der Waals surface area contributed by atoms with Gasteiger partial charge in [0, 0.05) is 18.3 Å². The van der Waals surface area contributed by atoms with Gasteiger partial charge >= 0.3 is 0 Å². The summed E-state index contributed by atoms with van der Waals surface area (Å²) in [5, 5.41) is 0. The Labute approximate surface area is 131 Å². The molecule has 2 N–H and O–H groups in total. The zero-order valence-electron chi connectivity index (χ0n) is 13.3. The highest BCUT2D eigenvalue weighted by atomic mass is 16.5. The van der Waals surface area contributed by atoms with E-state index < -0.39 is 5.54 Å². The van der Waals surface area contributed by atoms with Gasteiger partial charge in [-0.25, -0.2) is 0 Å². The van der Waals surface area contributed by atoms with Crippen LogP contribution in [0.5, 0.6) is 5.75 Å². The van der Waals surface area contributed by atoms with Crippen molar-refractivity contribution in [2.45, 2.75) is 38.8 Å². The Morgan fingerprint density at radius 1 is 1.14 bits per heavy atom. The summed E-state index contributed by atoms with van der Waals surface area (Å²) in [6.07, 6.45) is 3.56. The molecule has 0 aliphatic rings. The predicted molar refractivity (Wildman–Crippen MR) is 89.2 cm³/mol. The van der Waals surface area contributed by atoms with Gasteiger partial charge in [-0.3, -0.25) is 4.79 Å². The van der Waals surface area contributed by atoms with Crippen LogP contribution in [0.2, 0.25) is 0 Å². The van der Waals surface area contributed by atoms with Crippen molar-refractivity contribution in [1.82, 2.24) is 4.57 Å². The van der Waals surface area contributed by atoms with Crippen LogP contribution in [0.4, 0.5) is 0 Å². The molecule has 2 aromatic rings. The molecule has 0 aliphatic carbocycles. The second-order valence-electron chi connectivity index (χ2n) is 6.23. The van der Waals surface area contributed by atoms with Gasteiger partial charge in [-0.15, -0.1) is 0 Å². The molecule has 118 valence electrons. The Kier molecular flexibility index (Phi) is 5.39. The van der Waals surface area contributed by atoms with Crippen LogP contribution in [0, 0.1) is 0 Å². The van der Waals surface area contributed by atoms with E-state index in [2.05, 4.69) is 12.1 Å². The molecule has 1 heterocycles. The molecule has 0 aliphatic heterocycles. The summed E-state index contributed by atoms with van der Waals surface area (Å²) in [4.78, 5) is 12.3. The predicted octanol–water partition coefficient (Wildman–Crippen LogP) is 2.60. The summed E-state index contributed by atoms with van der Waals surface area (Å²) >= 11 is 0. The largest absolute Gasteiger partial charge is 0.488 e. The summed E-state index contributed by atoms with van der Waals surface area (Å²) in [6.45, 7) is 4.78. The minimum atomic E-state index is -0.435. The van der Waals surface area contributed by atoms with Crippen LogP contribution >= 0.6 is 0 Å². The van der Waals surface area contributed by atoms with Gasteiger partial charge in [-0.1, -0.05) is 30.3 Å². The lowest BCUT2D eigenvalue weighted by Gasteiger charge is -2.20. The first-order chi connectivity index (χ1) is 10.5. The summed E-state index contributed by atoms with van der Waals surface area (Å²) in [5.74, 6) is 0.389. The van der Waals surface area contributed by atoms with E-state index >= 15 is 0 Å². The molecule has 22 heavy (non-hydrogen) atoms. The molecule has 4 heteroatoms. The Morgan fingerprint density at radius 3 is 2.55 bits per heavy atom. The highest BCUT2D eigenvalue weighted by molar-refractivity contribution is 5.18. The zero-order valence-corrected chi connectivity index (χ0v) is 13.3. The maximum Gasteiger partial charge on any atom is 0.292 e. The second-order valence-corrected chi connectivity index (χ2v) is 6.23. The lowest BCUT2D eigenvalue weighted by atomic mass is 10.1. The molecule has 0 saturated carbocycles. The van der Waals surface area contributed by atoms with E-state index in [0.717, 1.165) is 12.8 Å². The molecular formula is C18H24N2O2. The molecule has 0 amide bonds. The summed E-state index contributed by atoms with van der Waals surface area (Å²) < 4.78 is 7.24. The molecule has 1 aromatic carbocycles. The Hall–Kier alpha value is -2.07. The SMILES string of the molecule is CC(C)(N)Cn1cccc(OCCCc2ccccc2)c1=O. The van der Waals surface area contributed by atoms with Crippen LogP contribution in [0.3, 0.4) is 0 Å². The van der Waals surface area contributed by atoms with Crippen molar-refractivity contribution in [3.8, 4) is 5.75 Å². The topological polar surface area (TPSA) is 57.2 Å². The molecular weight excluding hydrogens is 276 g/mol. The van der Waals surface area contributed by atoms with Crippen LogP contribution in [-0.2, 0) is 13.0 Å². The van der Waals surface area contributed by atoms with Gasteiger partial charge in [0.15, 0.2) is 5.75 Å². The second kappa shape index (κ2) is 7.27. The highest BCUT2D eigenvalue weighted by Gasteiger charge is 2.13. The molecule has 0 fully saturated rings. The van der Waals surface area contributed by atoms with E-state index in [1.807, 2.05) is 38.1 Å². The summed E-state index contributed by atoms with van der Waals surface area (Å²) in [5.41, 5.74) is 6.69. The molecule has 0 saturated heterocycles. The van der Waals surface area contributed by atoms with Crippen LogP contribution in [0.15, 0.2) is 53.5 Å².